The summed E-state index contributed by atoms with van der Waals surface area (Å²) in [6, 6.07) is 20.2. The summed E-state index contributed by atoms with van der Waals surface area (Å²) in [5.74, 6) is 0. The molecule has 0 aliphatic heterocycles. The highest BCUT2D eigenvalue weighted by molar-refractivity contribution is 5.76. The van der Waals surface area contributed by atoms with Gasteiger partial charge in [0.05, 0.1) is 22.8 Å². The normalized spacial score (nSPS) is 10.1. The van der Waals surface area contributed by atoms with Crippen molar-refractivity contribution in [1.82, 2.24) is 24.9 Å². The third kappa shape index (κ3) is 3.16. The molecule has 0 saturated heterocycles. The van der Waals surface area contributed by atoms with Crippen LogP contribution in [0.15, 0.2) is 67.0 Å². The van der Waals surface area contributed by atoms with Crippen molar-refractivity contribution in [3.63, 3.8) is 0 Å². The van der Waals surface area contributed by atoms with Crippen LogP contribution < -0.4 is 0 Å². The number of nitrogens with zero attached hydrogens (tertiary/aromatic N) is 7. The Bertz CT molecular complexity index is 1220. The summed E-state index contributed by atoms with van der Waals surface area (Å²) in [6.45, 7) is 0. The molecule has 0 radical (unpaired) electrons. The highest BCUT2D eigenvalue weighted by atomic mass is 14.9. The molecule has 0 bridgehead atoms. The first-order valence-electron chi connectivity index (χ1n) is 8.32. The largest absolute Gasteiger partial charge is 0.255 e. The lowest BCUT2D eigenvalue weighted by Crippen LogP contribution is -2.03. The van der Waals surface area contributed by atoms with Crippen LogP contribution in [0.25, 0.3) is 34.2 Å². The molecule has 0 fully saturated rings. The van der Waals surface area contributed by atoms with E-state index in [1.165, 1.54) is 0 Å². The zero-order chi connectivity index (χ0) is 19.3. The smallest absolute Gasteiger partial charge is 0.177 e. The second-order valence-electron chi connectivity index (χ2n) is 5.68. The molecule has 0 aromatic carbocycles. The zero-order valence-electron chi connectivity index (χ0n) is 14.5. The van der Waals surface area contributed by atoms with Crippen molar-refractivity contribution in [2.75, 3.05) is 0 Å². The Morgan fingerprint density at radius 2 is 1.07 bits per heavy atom. The molecule has 0 atom stereocenters. The molecule has 0 aliphatic carbocycles. The van der Waals surface area contributed by atoms with Crippen LogP contribution in [0, 0.1) is 22.7 Å². The molecule has 4 aromatic heterocycles. The lowest BCUT2D eigenvalue weighted by atomic mass is 10.1. The quantitative estimate of drug-likeness (QED) is 0.549. The van der Waals surface area contributed by atoms with Crippen molar-refractivity contribution >= 4 is 0 Å². The molecule has 4 rings (SSSR count). The average molecular weight is 361 g/mol. The Hall–Kier alpha value is -4.49. The number of nitriles is 2. The highest BCUT2D eigenvalue weighted by Crippen LogP contribution is 2.29. The second-order valence-corrected chi connectivity index (χ2v) is 5.68. The molecule has 4 aromatic rings. The fourth-order valence-corrected chi connectivity index (χ4v) is 2.67. The minimum absolute atomic E-state index is 0.0483. The van der Waals surface area contributed by atoms with Gasteiger partial charge in [-0.25, -0.2) is 15.0 Å². The Balaban J connectivity index is 1.95. The zero-order valence-corrected chi connectivity index (χ0v) is 14.5. The van der Waals surface area contributed by atoms with Crippen molar-refractivity contribution in [2.24, 2.45) is 0 Å². The van der Waals surface area contributed by atoms with Gasteiger partial charge in [-0.05, 0) is 36.4 Å². The average Bonchev–Trinajstić information content (AvgIpc) is 2.79. The fourth-order valence-electron chi connectivity index (χ4n) is 2.67. The molecule has 130 valence electrons. The molecule has 28 heavy (non-hydrogen) atoms. The van der Waals surface area contributed by atoms with Crippen LogP contribution in [0.5, 0.6) is 0 Å². The lowest BCUT2D eigenvalue weighted by molar-refractivity contribution is 1.11. The maximum atomic E-state index is 9.37. The summed E-state index contributed by atoms with van der Waals surface area (Å²) in [5, 5.41) is 18.7. The predicted molar refractivity (Wildman–Crippen MR) is 101 cm³/mol. The topological polar surface area (TPSA) is 112 Å². The van der Waals surface area contributed by atoms with Crippen LogP contribution in [0.3, 0.4) is 0 Å². The molecule has 0 amide bonds. The number of rotatable bonds is 3. The Morgan fingerprint density at radius 1 is 0.536 bits per heavy atom. The number of hydrogen-bond acceptors (Lipinski definition) is 7. The molecule has 7 nitrogen and oxygen atoms in total. The molecule has 0 N–H and O–H groups in total. The third-order valence-electron chi connectivity index (χ3n) is 3.93. The van der Waals surface area contributed by atoms with E-state index in [-0.39, 0.29) is 11.4 Å². The van der Waals surface area contributed by atoms with E-state index in [1.54, 1.807) is 30.6 Å². The fraction of sp³-hybridized carbons (Fsp3) is 0. The minimum atomic E-state index is -0.0535. The first kappa shape index (κ1) is 17.0. The molecule has 0 unspecified atom stereocenters. The molecular weight excluding hydrogens is 350 g/mol. The first-order chi connectivity index (χ1) is 13.8. The van der Waals surface area contributed by atoms with Crippen LogP contribution >= 0.6 is 0 Å². The van der Waals surface area contributed by atoms with Crippen LogP contribution in [0.1, 0.15) is 11.4 Å². The first-order valence-corrected chi connectivity index (χ1v) is 8.32. The summed E-state index contributed by atoms with van der Waals surface area (Å²) in [4.78, 5) is 22.0. The molecular formula is C21H11N7. The van der Waals surface area contributed by atoms with Crippen LogP contribution in [0.4, 0.5) is 0 Å². The third-order valence-corrected chi connectivity index (χ3v) is 3.93. The standard InChI is InChI=1S/C21H11N7/c22-12-18-19(13-23)28-21(20(27-18)16-7-2-4-11-25-16)17-9-5-8-15(26-17)14-6-1-3-10-24-14/h1-11H. The van der Waals surface area contributed by atoms with Crippen molar-refractivity contribution in [3.05, 3.63) is 78.4 Å². The lowest BCUT2D eigenvalue weighted by Gasteiger charge is -2.09. The van der Waals surface area contributed by atoms with E-state index >= 15 is 0 Å². The number of aromatic nitrogens is 5. The van der Waals surface area contributed by atoms with Gasteiger partial charge in [-0.15, -0.1) is 0 Å². The summed E-state index contributed by atoms with van der Waals surface area (Å²) >= 11 is 0. The molecule has 7 heteroatoms. The van der Waals surface area contributed by atoms with Gasteiger partial charge >= 0.3 is 0 Å². The second kappa shape index (κ2) is 7.40. The van der Waals surface area contributed by atoms with Crippen molar-refractivity contribution in [2.45, 2.75) is 0 Å². The van der Waals surface area contributed by atoms with Crippen molar-refractivity contribution < 1.29 is 0 Å². The Morgan fingerprint density at radius 3 is 1.64 bits per heavy atom. The molecule has 4 heterocycles. The maximum absolute atomic E-state index is 9.37. The number of pyridine rings is 3. The summed E-state index contributed by atoms with van der Waals surface area (Å²) in [5.41, 5.74) is 3.10. The van der Waals surface area contributed by atoms with Gasteiger partial charge in [0.25, 0.3) is 0 Å². The van der Waals surface area contributed by atoms with Gasteiger partial charge in [0, 0.05) is 12.4 Å². The van der Waals surface area contributed by atoms with Crippen LogP contribution in [-0.4, -0.2) is 24.9 Å². The van der Waals surface area contributed by atoms with E-state index in [0.29, 0.717) is 34.2 Å². The maximum Gasteiger partial charge on any atom is 0.177 e. The van der Waals surface area contributed by atoms with E-state index in [0.717, 1.165) is 0 Å². The van der Waals surface area contributed by atoms with E-state index in [9.17, 15) is 10.5 Å². The van der Waals surface area contributed by atoms with E-state index in [2.05, 4.69) is 24.9 Å². The highest BCUT2D eigenvalue weighted by Gasteiger charge is 2.18. The minimum Gasteiger partial charge on any atom is -0.255 e. The van der Waals surface area contributed by atoms with Gasteiger partial charge < -0.3 is 0 Å². The van der Waals surface area contributed by atoms with Gasteiger partial charge in [0.2, 0.25) is 0 Å². The van der Waals surface area contributed by atoms with Crippen molar-refractivity contribution in [3.8, 4) is 46.3 Å². The summed E-state index contributed by atoms with van der Waals surface area (Å²) < 4.78 is 0. The Labute approximate surface area is 160 Å². The Kier molecular flexibility index (Phi) is 4.48. The van der Waals surface area contributed by atoms with E-state index in [4.69, 9.17) is 0 Å². The van der Waals surface area contributed by atoms with Gasteiger partial charge in [-0.1, -0.05) is 18.2 Å². The van der Waals surface area contributed by atoms with Crippen LogP contribution in [-0.2, 0) is 0 Å². The molecule has 0 aliphatic rings. The van der Waals surface area contributed by atoms with E-state index in [1.807, 2.05) is 48.5 Å². The molecule has 0 spiro atoms. The van der Waals surface area contributed by atoms with Crippen molar-refractivity contribution in [1.29, 1.82) is 10.5 Å². The van der Waals surface area contributed by atoms with Gasteiger partial charge in [0.15, 0.2) is 11.4 Å². The summed E-state index contributed by atoms with van der Waals surface area (Å²) in [6.07, 6.45) is 3.32. The SMILES string of the molecule is N#Cc1nc(-c2ccccn2)c(-c2cccc(-c3ccccn3)n2)nc1C#N. The predicted octanol–water partition coefficient (Wildman–Crippen LogP) is 3.41. The van der Waals surface area contributed by atoms with Gasteiger partial charge in [-0.3, -0.25) is 9.97 Å². The number of hydrogen-bond donors (Lipinski definition) is 0. The van der Waals surface area contributed by atoms with E-state index < -0.39 is 0 Å². The summed E-state index contributed by atoms with van der Waals surface area (Å²) in [7, 11) is 0. The van der Waals surface area contributed by atoms with Gasteiger partial charge in [0.1, 0.15) is 23.5 Å². The van der Waals surface area contributed by atoms with Gasteiger partial charge in [-0.2, -0.15) is 10.5 Å². The molecule has 0 saturated carbocycles. The van der Waals surface area contributed by atoms with Crippen LogP contribution in [0.2, 0.25) is 0 Å². The monoisotopic (exact) mass is 361 g/mol.